The van der Waals surface area contributed by atoms with Crippen LogP contribution in [0.2, 0.25) is 0 Å². The summed E-state index contributed by atoms with van der Waals surface area (Å²) in [5, 5.41) is 0. The molecule has 0 amide bonds. The lowest BCUT2D eigenvalue weighted by atomic mass is 10.2. The summed E-state index contributed by atoms with van der Waals surface area (Å²) in [7, 11) is -1.82. The van der Waals surface area contributed by atoms with Crippen molar-refractivity contribution in [1.82, 2.24) is 0 Å². The zero-order valence-corrected chi connectivity index (χ0v) is 9.37. The third kappa shape index (κ3) is 9.98. The molecule has 0 aliphatic carbocycles. The summed E-state index contributed by atoms with van der Waals surface area (Å²) in [5.41, 5.74) is -0.0875. The van der Waals surface area contributed by atoms with E-state index in [4.69, 9.17) is 4.74 Å². The first-order valence-electron chi connectivity index (χ1n) is 4.15. The molecule has 0 spiro atoms. The molecule has 2 nitrogen and oxygen atoms in total. The van der Waals surface area contributed by atoms with E-state index in [0.717, 1.165) is 6.42 Å². The summed E-state index contributed by atoms with van der Waals surface area (Å²) in [6, 6.07) is 0. The van der Waals surface area contributed by atoms with Crippen molar-refractivity contribution in [1.29, 1.82) is 0 Å². The van der Waals surface area contributed by atoms with Crippen LogP contribution in [0.25, 0.3) is 0 Å². The van der Waals surface area contributed by atoms with E-state index in [9.17, 15) is 4.21 Å². The van der Waals surface area contributed by atoms with E-state index in [1.807, 2.05) is 20.8 Å². The minimum Gasteiger partial charge on any atom is -0.376 e. The second-order valence-corrected chi connectivity index (χ2v) is 6.98. The van der Waals surface area contributed by atoms with Crippen LogP contribution < -0.4 is 0 Å². The lowest BCUT2D eigenvalue weighted by Crippen LogP contribution is -2.20. The third-order valence-corrected chi connectivity index (χ3v) is 2.41. The molecule has 0 fully saturated rings. The van der Waals surface area contributed by atoms with E-state index in [-0.39, 0.29) is 5.60 Å². The molecule has 0 saturated heterocycles. The van der Waals surface area contributed by atoms with Crippen molar-refractivity contribution in [3.63, 3.8) is 0 Å². The van der Waals surface area contributed by atoms with Gasteiger partial charge in [-0.1, -0.05) is 0 Å². The van der Waals surface area contributed by atoms with E-state index in [1.165, 1.54) is 0 Å². The van der Waals surface area contributed by atoms with Crippen molar-refractivity contribution < 1.29 is 8.95 Å². The van der Waals surface area contributed by atoms with E-state index < -0.39 is 9.52 Å². The summed E-state index contributed by atoms with van der Waals surface area (Å²) < 4.78 is 16.6. The second-order valence-electron chi connectivity index (χ2n) is 4.20. The monoisotopic (exact) mass is 192 g/mol. The number of rotatable bonds is 4. The van der Waals surface area contributed by atoms with Gasteiger partial charge in [0.15, 0.2) is 0 Å². The van der Waals surface area contributed by atoms with Gasteiger partial charge in [0.25, 0.3) is 0 Å². The highest BCUT2D eigenvalue weighted by Gasteiger charge is 2.09. The average Bonchev–Trinajstić information content (AvgIpc) is 1.76. The SMILES string of the molecule is C=S(C)(=O)CCCOC(C)(C)C. The molecule has 0 heterocycles. The molecule has 0 radical (unpaired) electrons. The Morgan fingerprint density at radius 1 is 1.42 bits per heavy atom. The predicted octanol–water partition coefficient (Wildman–Crippen LogP) is 1.54. The van der Waals surface area contributed by atoms with Gasteiger partial charge in [0.2, 0.25) is 0 Å². The molecule has 0 N–H and O–H groups in total. The normalized spacial score (nSPS) is 17.3. The Kier molecular flexibility index (Phi) is 4.28. The highest BCUT2D eigenvalue weighted by atomic mass is 32.2. The smallest absolute Gasteiger partial charge is 0.0598 e. The van der Waals surface area contributed by atoms with Crippen LogP contribution in [0.1, 0.15) is 27.2 Å². The van der Waals surface area contributed by atoms with Crippen LogP contribution in [-0.2, 0) is 14.3 Å². The largest absolute Gasteiger partial charge is 0.376 e. The van der Waals surface area contributed by atoms with E-state index >= 15 is 0 Å². The summed E-state index contributed by atoms with van der Waals surface area (Å²) in [6.45, 7) is 6.71. The minimum atomic E-state index is -1.82. The Morgan fingerprint density at radius 3 is 2.25 bits per heavy atom. The van der Waals surface area contributed by atoms with E-state index in [1.54, 1.807) is 6.26 Å². The predicted molar refractivity (Wildman–Crippen MR) is 56.4 cm³/mol. The standard InChI is InChI=1S/C9H20O2S/c1-9(2,3)11-7-6-8-12(4,5)10/h4,6-8H2,1-3,5H3. The van der Waals surface area contributed by atoms with Gasteiger partial charge in [-0.2, -0.15) is 0 Å². The molecule has 0 aromatic heterocycles. The van der Waals surface area contributed by atoms with Gasteiger partial charge < -0.3 is 4.74 Å². The highest BCUT2D eigenvalue weighted by Crippen LogP contribution is 2.06. The lowest BCUT2D eigenvalue weighted by molar-refractivity contribution is -0.00204. The summed E-state index contributed by atoms with van der Waals surface area (Å²) in [6.07, 6.45) is 2.51. The molecule has 0 bridgehead atoms. The number of hydrogen-bond acceptors (Lipinski definition) is 2. The van der Waals surface area contributed by atoms with Crippen molar-refractivity contribution in [3.05, 3.63) is 0 Å². The van der Waals surface area contributed by atoms with Crippen molar-refractivity contribution in [2.45, 2.75) is 32.8 Å². The fourth-order valence-electron chi connectivity index (χ4n) is 0.743. The molecular weight excluding hydrogens is 172 g/mol. The van der Waals surface area contributed by atoms with Crippen molar-refractivity contribution in [2.75, 3.05) is 18.6 Å². The molecule has 74 valence electrons. The summed E-state index contributed by atoms with van der Waals surface area (Å²) >= 11 is 0. The van der Waals surface area contributed by atoms with E-state index in [2.05, 4.69) is 5.87 Å². The van der Waals surface area contributed by atoms with Gasteiger partial charge in [-0.25, -0.2) is 0 Å². The van der Waals surface area contributed by atoms with E-state index in [0.29, 0.717) is 12.4 Å². The average molecular weight is 192 g/mol. The van der Waals surface area contributed by atoms with Gasteiger partial charge >= 0.3 is 0 Å². The van der Waals surface area contributed by atoms with Gasteiger partial charge in [0.1, 0.15) is 0 Å². The molecule has 1 unspecified atom stereocenters. The van der Waals surface area contributed by atoms with Gasteiger partial charge in [0, 0.05) is 18.6 Å². The molecule has 0 aromatic carbocycles. The number of ether oxygens (including phenoxy) is 1. The van der Waals surface area contributed by atoms with Crippen molar-refractivity contribution >= 4 is 15.4 Å². The maximum atomic E-state index is 11.1. The quantitative estimate of drug-likeness (QED) is 0.499. The van der Waals surface area contributed by atoms with Gasteiger partial charge in [0.05, 0.1) is 5.60 Å². The second kappa shape index (κ2) is 4.28. The van der Waals surface area contributed by atoms with Gasteiger partial charge in [-0.05, 0) is 42.6 Å². The molecule has 1 atom stereocenters. The van der Waals surface area contributed by atoms with Crippen molar-refractivity contribution in [2.24, 2.45) is 0 Å². The van der Waals surface area contributed by atoms with Crippen LogP contribution >= 0.6 is 0 Å². The molecule has 3 heteroatoms. The first-order chi connectivity index (χ1) is 5.21. The molecule has 0 aliphatic heterocycles. The van der Waals surface area contributed by atoms with Crippen LogP contribution in [0.3, 0.4) is 0 Å². The highest BCUT2D eigenvalue weighted by molar-refractivity contribution is 7.99. The third-order valence-electron chi connectivity index (χ3n) is 1.26. The Labute approximate surface area is 76.3 Å². The van der Waals surface area contributed by atoms with Crippen LogP contribution in [0.4, 0.5) is 0 Å². The molecular formula is C9H20O2S. The topological polar surface area (TPSA) is 26.3 Å². The number of hydrogen-bond donors (Lipinski definition) is 0. The van der Waals surface area contributed by atoms with Gasteiger partial charge in [-0.3, -0.25) is 4.21 Å². The Bertz CT molecular complexity index is 209. The fraction of sp³-hybridized carbons (Fsp3) is 0.889. The van der Waals surface area contributed by atoms with Crippen molar-refractivity contribution in [3.8, 4) is 0 Å². The summed E-state index contributed by atoms with van der Waals surface area (Å²) in [4.78, 5) is 0. The Hall–Kier alpha value is -0.0200. The van der Waals surface area contributed by atoms with Gasteiger partial charge in [-0.15, -0.1) is 0 Å². The van der Waals surface area contributed by atoms with Crippen LogP contribution in [-0.4, -0.2) is 34.3 Å². The maximum absolute atomic E-state index is 11.1. The first-order valence-corrected chi connectivity index (χ1v) is 6.45. The molecule has 12 heavy (non-hydrogen) atoms. The molecule has 0 rings (SSSR count). The Morgan fingerprint density at radius 2 is 1.92 bits per heavy atom. The molecule has 0 aliphatic rings. The Balaban J connectivity index is 3.48. The fourth-order valence-corrected chi connectivity index (χ4v) is 1.47. The molecule has 0 aromatic rings. The zero-order chi connectivity index (χ0) is 9.83. The summed E-state index contributed by atoms with van der Waals surface area (Å²) in [5.74, 6) is 4.23. The van der Waals surface area contributed by atoms with Crippen LogP contribution in [0.15, 0.2) is 0 Å². The first kappa shape index (κ1) is 12.0. The van der Waals surface area contributed by atoms with Crippen LogP contribution in [0.5, 0.6) is 0 Å². The lowest BCUT2D eigenvalue weighted by Gasteiger charge is -2.19. The maximum Gasteiger partial charge on any atom is 0.0598 e. The van der Waals surface area contributed by atoms with Crippen LogP contribution in [0, 0.1) is 0 Å². The zero-order valence-electron chi connectivity index (χ0n) is 8.55. The molecule has 0 saturated carbocycles. The minimum absolute atomic E-state index is 0.0875.